The lowest BCUT2D eigenvalue weighted by Gasteiger charge is -2.08. The van der Waals surface area contributed by atoms with Gasteiger partial charge in [-0.05, 0) is 40.2 Å². The Morgan fingerprint density at radius 1 is 1.05 bits per heavy atom. The number of nitro benzene ring substituents is 1. The second kappa shape index (κ2) is 5.59. The van der Waals surface area contributed by atoms with Crippen molar-refractivity contribution in [3.05, 3.63) is 63.1 Å². The average Bonchev–Trinajstić information content (AvgIpc) is 2.39. The molecular formula is C12H8BrNO5S. The van der Waals surface area contributed by atoms with Crippen LogP contribution in [-0.2, 0) is 10.1 Å². The number of nitrogens with zero attached hydrogens (tertiary/aromatic N) is 1. The maximum absolute atomic E-state index is 12.1. The Hall–Kier alpha value is -1.93. The van der Waals surface area contributed by atoms with Crippen LogP contribution in [0.2, 0.25) is 0 Å². The number of benzene rings is 2. The van der Waals surface area contributed by atoms with E-state index in [-0.39, 0.29) is 16.3 Å². The highest BCUT2D eigenvalue weighted by Gasteiger charge is 2.19. The Balaban J connectivity index is 2.29. The molecule has 0 atom stereocenters. The predicted molar refractivity (Wildman–Crippen MR) is 75.1 cm³/mol. The maximum Gasteiger partial charge on any atom is 0.340 e. The molecule has 0 aliphatic heterocycles. The summed E-state index contributed by atoms with van der Waals surface area (Å²) >= 11 is 3.13. The summed E-state index contributed by atoms with van der Waals surface area (Å²) < 4.78 is 29.4. The van der Waals surface area contributed by atoms with Crippen molar-refractivity contribution in [1.82, 2.24) is 0 Å². The minimum Gasteiger partial charge on any atom is -0.379 e. The first-order valence-corrected chi connectivity index (χ1v) is 7.54. The van der Waals surface area contributed by atoms with Crippen molar-refractivity contribution >= 4 is 31.7 Å². The Morgan fingerprint density at radius 2 is 1.65 bits per heavy atom. The SMILES string of the molecule is O=[N+]([O-])c1ccc(OS(=O)(=O)c2ccccc2Br)cc1. The number of halogens is 1. The van der Waals surface area contributed by atoms with Crippen molar-refractivity contribution in [1.29, 1.82) is 0 Å². The van der Waals surface area contributed by atoms with Crippen LogP contribution in [0.5, 0.6) is 5.75 Å². The van der Waals surface area contributed by atoms with E-state index in [1.165, 1.54) is 30.3 Å². The number of rotatable bonds is 4. The van der Waals surface area contributed by atoms with E-state index in [1.54, 1.807) is 18.2 Å². The molecule has 8 heteroatoms. The summed E-state index contributed by atoms with van der Waals surface area (Å²) in [6.45, 7) is 0. The van der Waals surface area contributed by atoms with Gasteiger partial charge in [-0.25, -0.2) is 0 Å². The lowest BCUT2D eigenvalue weighted by atomic mass is 10.3. The zero-order valence-corrected chi connectivity index (χ0v) is 12.3. The number of non-ortho nitro benzene ring substituents is 1. The van der Waals surface area contributed by atoms with E-state index in [2.05, 4.69) is 15.9 Å². The van der Waals surface area contributed by atoms with Gasteiger partial charge in [0.15, 0.2) is 0 Å². The molecule has 2 rings (SSSR count). The summed E-state index contributed by atoms with van der Waals surface area (Å²) in [4.78, 5) is 9.91. The van der Waals surface area contributed by atoms with E-state index in [0.717, 1.165) is 0 Å². The van der Waals surface area contributed by atoms with Gasteiger partial charge in [0.05, 0.1) is 4.92 Å². The highest BCUT2D eigenvalue weighted by Crippen LogP contribution is 2.26. The number of nitro groups is 1. The third-order valence-electron chi connectivity index (χ3n) is 2.36. The molecule has 0 bridgehead atoms. The Bertz CT molecular complexity index is 743. The van der Waals surface area contributed by atoms with Crippen molar-refractivity contribution in [3.63, 3.8) is 0 Å². The molecule has 0 aromatic heterocycles. The minimum absolute atomic E-state index is 0.00588. The fraction of sp³-hybridized carbons (Fsp3) is 0. The van der Waals surface area contributed by atoms with Crippen LogP contribution in [-0.4, -0.2) is 13.3 Å². The quantitative estimate of drug-likeness (QED) is 0.476. The van der Waals surface area contributed by atoms with Crippen molar-refractivity contribution < 1.29 is 17.5 Å². The largest absolute Gasteiger partial charge is 0.379 e. The third kappa shape index (κ3) is 3.14. The molecular weight excluding hydrogens is 350 g/mol. The Labute approximate surface area is 123 Å². The smallest absolute Gasteiger partial charge is 0.340 e. The molecule has 0 saturated heterocycles. The molecule has 20 heavy (non-hydrogen) atoms. The molecule has 0 amide bonds. The van der Waals surface area contributed by atoms with Crippen LogP contribution in [0, 0.1) is 10.1 Å². The number of hydrogen-bond donors (Lipinski definition) is 0. The highest BCUT2D eigenvalue weighted by atomic mass is 79.9. The van der Waals surface area contributed by atoms with Crippen LogP contribution in [0.3, 0.4) is 0 Å². The lowest BCUT2D eigenvalue weighted by molar-refractivity contribution is -0.384. The summed E-state index contributed by atoms with van der Waals surface area (Å²) in [6.07, 6.45) is 0. The van der Waals surface area contributed by atoms with Gasteiger partial charge in [-0.15, -0.1) is 0 Å². The molecule has 0 saturated carbocycles. The monoisotopic (exact) mass is 357 g/mol. The van der Waals surface area contributed by atoms with Crippen LogP contribution < -0.4 is 4.18 Å². The van der Waals surface area contributed by atoms with Crippen LogP contribution in [0.25, 0.3) is 0 Å². The van der Waals surface area contributed by atoms with Gasteiger partial charge in [0.2, 0.25) is 0 Å². The van der Waals surface area contributed by atoms with Gasteiger partial charge < -0.3 is 4.18 Å². The molecule has 0 radical (unpaired) electrons. The zero-order chi connectivity index (χ0) is 14.8. The van der Waals surface area contributed by atoms with Crippen molar-refractivity contribution in [2.24, 2.45) is 0 Å². The van der Waals surface area contributed by atoms with E-state index in [4.69, 9.17) is 4.18 Å². The van der Waals surface area contributed by atoms with E-state index in [1.807, 2.05) is 0 Å². The predicted octanol–water partition coefficient (Wildman–Crippen LogP) is 3.13. The van der Waals surface area contributed by atoms with Gasteiger partial charge in [0, 0.05) is 16.6 Å². The van der Waals surface area contributed by atoms with Crippen LogP contribution >= 0.6 is 15.9 Å². The fourth-order valence-electron chi connectivity index (χ4n) is 1.44. The Kier molecular flexibility index (Phi) is 4.05. The first-order chi connectivity index (χ1) is 9.40. The van der Waals surface area contributed by atoms with Crippen molar-refractivity contribution in [2.75, 3.05) is 0 Å². The maximum atomic E-state index is 12.1. The molecule has 0 spiro atoms. The van der Waals surface area contributed by atoms with E-state index in [0.29, 0.717) is 4.47 Å². The summed E-state index contributed by atoms with van der Waals surface area (Å²) in [6, 6.07) is 11.0. The molecule has 0 N–H and O–H groups in total. The van der Waals surface area contributed by atoms with Crippen LogP contribution in [0.1, 0.15) is 0 Å². The van der Waals surface area contributed by atoms with Gasteiger partial charge in [0.1, 0.15) is 10.6 Å². The van der Waals surface area contributed by atoms with Crippen LogP contribution in [0.4, 0.5) is 5.69 Å². The third-order valence-corrected chi connectivity index (χ3v) is 4.62. The van der Waals surface area contributed by atoms with Gasteiger partial charge in [-0.3, -0.25) is 10.1 Å². The van der Waals surface area contributed by atoms with Crippen LogP contribution in [0.15, 0.2) is 57.9 Å². The fourth-order valence-corrected chi connectivity index (χ4v) is 3.33. The van der Waals surface area contributed by atoms with Crippen molar-refractivity contribution in [2.45, 2.75) is 4.90 Å². The van der Waals surface area contributed by atoms with E-state index in [9.17, 15) is 18.5 Å². The molecule has 2 aromatic carbocycles. The van der Waals surface area contributed by atoms with Gasteiger partial charge in [-0.2, -0.15) is 8.42 Å². The standard InChI is InChI=1S/C12H8BrNO5S/c13-11-3-1-2-4-12(11)20(17,18)19-10-7-5-9(6-8-10)14(15)16/h1-8H. The molecule has 0 aliphatic carbocycles. The van der Waals surface area contributed by atoms with Gasteiger partial charge >= 0.3 is 10.1 Å². The first-order valence-electron chi connectivity index (χ1n) is 5.33. The molecule has 6 nitrogen and oxygen atoms in total. The van der Waals surface area contributed by atoms with Gasteiger partial charge in [-0.1, -0.05) is 12.1 Å². The minimum atomic E-state index is -3.99. The topological polar surface area (TPSA) is 86.5 Å². The van der Waals surface area contributed by atoms with Crippen molar-refractivity contribution in [3.8, 4) is 5.75 Å². The Morgan fingerprint density at radius 3 is 2.20 bits per heavy atom. The molecule has 0 heterocycles. The molecule has 0 fully saturated rings. The highest BCUT2D eigenvalue weighted by molar-refractivity contribution is 9.10. The normalized spacial score (nSPS) is 11.1. The molecule has 104 valence electrons. The molecule has 0 unspecified atom stereocenters. The van der Waals surface area contributed by atoms with E-state index >= 15 is 0 Å². The zero-order valence-electron chi connectivity index (χ0n) is 9.89. The molecule has 0 aliphatic rings. The lowest BCUT2D eigenvalue weighted by Crippen LogP contribution is -2.10. The number of hydrogen-bond acceptors (Lipinski definition) is 5. The second-order valence-electron chi connectivity index (χ2n) is 3.72. The summed E-state index contributed by atoms with van der Waals surface area (Å²) in [5, 5.41) is 10.5. The average molecular weight is 358 g/mol. The second-order valence-corrected chi connectivity index (χ2v) is 6.09. The molecule has 2 aromatic rings. The summed E-state index contributed by atoms with van der Waals surface area (Å²) in [5.74, 6) is 0.00588. The van der Waals surface area contributed by atoms with E-state index < -0.39 is 15.0 Å². The first kappa shape index (κ1) is 14.5. The summed E-state index contributed by atoms with van der Waals surface area (Å²) in [5.41, 5.74) is -0.143. The summed E-state index contributed by atoms with van der Waals surface area (Å²) in [7, 11) is -3.99. The van der Waals surface area contributed by atoms with Gasteiger partial charge in [0.25, 0.3) is 5.69 Å².